The molecule has 0 bridgehead atoms. The molecule has 1 aliphatic carbocycles. The average Bonchev–Trinajstić information content (AvgIpc) is 2.80. The van der Waals surface area contributed by atoms with E-state index in [4.69, 9.17) is 28.2 Å². The summed E-state index contributed by atoms with van der Waals surface area (Å²) in [6, 6.07) is 6.73. The molecule has 1 saturated carbocycles. The van der Waals surface area contributed by atoms with Gasteiger partial charge in [-0.3, -0.25) is 4.99 Å². The van der Waals surface area contributed by atoms with Crippen LogP contribution >= 0.6 is 35.0 Å². The molecular formula is C14H16Cl2N2S. The molecule has 1 N–H and O–H groups in total. The van der Waals surface area contributed by atoms with Crippen LogP contribution in [0.4, 0.5) is 0 Å². The molecular weight excluding hydrogens is 299 g/mol. The maximum Gasteiger partial charge on any atom is 0.157 e. The first-order valence-corrected chi connectivity index (χ1v) is 8.37. The van der Waals surface area contributed by atoms with Crippen LogP contribution in [0.3, 0.4) is 0 Å². The smallest absolute Gasteiger partial charge is 0.157 e. The molecule has 102 valence electrons. The minimum atomic E-state index is 0.497. The normalized spacial score (nSPS) is 25.7. The molecule has 3 rings (SSSR count). The van der Waals surface area contributed by atoms with Crippen LogP contribution in [-0.2, 0) is 5.75 Å². The second kappa shape index (κ2) is 5.94. The number of fused-ring (bicyclic) bond motifs is 1. The van der Waals surface area contributed by atoms with Gasteiger partial charge in [-0.2, -0.15) is 0 Å². The summed E-state index contributed by atoms with van der Waals surface area (Å²) in [7, 11) is 0. The van der Waals surface area contributed by atoms with Crippen molar-refractivity contribution in [1.82, 2.24) is 5.32 Å². The van der Waals surface area contributed by atoms with Crippen LogP contribution in [0.1, 0.15) is 31.2 Å². The topological polar surface area (TPSA) is 24.4 Å². The number of thioether (sulfide) groups is 1. The summed E-state index contributed by atoms with van der Waals surface area (Å²) in [6.07, 6.45) is 5.11. The van der Waals surface area contributed by atoms with E-state index in [0.717, 1.165) is 21.5 Å². The molecule has 19 heavy (non-hydrogen) atoms. The quantitative estimate of drug-likeness (QED) is 0.869. The van der Waals surface area contributed by atoms with Crippen molar-refractivity contribution < 1.29 is 0 Å². The van der Waals surface area contributed by atoms with Crippen molar-refractivity contribution in [2.24, 2.45) is 4.99 Å². The number of aliphatic imine (C=N–C) groups is 1. The zero-order valence-corrected chi connectivity index (χ0v) is 12.9. The SMILES string of the molecule is Clc1ccc(CSC2=N[C@@H]3CCCC[C@H]3N2)c(Cl)c1. The summed E-state index contributed by atoms with van der Waals surface area (Å²) < 4.78 is 0. The second-order valence-electron chi connectivity index (χ2n) is 5.06. The van der Waals surface area contributed by atoms with Gasteiger partial charge in [0.25, 0.3) is 0 Å². The first-order valence-electron chi connectivity index (χ1n) is 6.63. The molecule has 0 radical (unpaired) electrons. The number of benzene rings is 1. The Labute approximate surface area is 128 Å². The van der Waals surface area contributed by atoms with Gasteiger partial charge in [0.05, 0.1) is 12.1 Å². The van der Waals surface area contributed by atoms with E-state index in [2.05, 4.69) is 5.32 Å². The van der Waals surface area contributed by atoms with Gasteiger partial charge in [-0.05, 0) is 30.5 Å². The van der Waals surface area contributed by atoms with E-state index < -0.39 is 0 Å². The highest BCUT2D eigenvalue weighted by molar-refractivity contribution is 8.13. The van der Waals surface area contributed by atoms with Crippen molar-refractivity contribution in [1.29, 1.82) is 0 Å². The second-order valence-corrected chi connectivity index (χ2v) is 6.87. The van der Waals surface area contributed by atoms with Gasteiger partial charge in [-0.15, -0.1) is 0 Å². The fourth-order valence-electron chi connectivity index (χ4n) is 2.64. The number of amidine groups is 1. The summed E-state index contributed by atoms with van der Waals surface area (Å²) >= 11 is 13.8. The summed E-state index contributed by atoms with van der Waals surface area (Å²) in [5, 5.41) is 6.02. The van der Waals surface area contributed by atoms with E-state index in [-0.39, 0.29) is 0 Å². The molecule has 0 unspecified atom stereocenters. The van der Waals surface area contributed by atoms with E-state index >= 15 is 0 Å². The van der Waals surface area contributed by atoms with E-state index in [0.29, 0.717) is 17.1 Å². The number of hydrogen-bond acceptors (Lipinski definition) is 3. The van der Waals surface area contributed by atoms with Crippen LogP contribution in [0.2, 0.25) is 10.0 Å². The zero-order chi connectivity index (χ0) is 13.2. The highest BCUT2D eigenvalue weighted by atomic mass is 35.5. The molecule has 1 heterocycles. The summed E-state index contributed by atoms with van der Waals surface area (Å²) in [5.41, 5.74) is 1.11. The van der Waals surface area contributed by atoms with Gasteiger partial charge in [0.1, 0.15) is 0 Å². The van der Waals surface area contributed by atoms with Gasteiger partial charge in [0, 0.05) is 15.8 Å². The third-order valence-corrected chi connectivity index (χ3v) is 5.24. The van der Waals surface area contributed by atoms with Gasteiger partial charge < -0.3 is 5.32 Å². The van der Waals surface area contributed by atoms with Gasteiger partial charge in [0.15, 0.2) is 5.17 Å². The van der Waals surface area contributed by atoms with E-state index in [1.165, 1.54) is 25.7 Å². The van der Waals surface area contributed by atoms with Crippen molar-refractivity contribution in [2.45, 2.75) is 43.5 Å². The Morgan fingerprint density at radius 1 is 1.26 bits per heavy atom. The monoisotopic (exact) mass is 314 g/mol. The molecule has 2 aliphatic rings. The van der Waals surface area contributed by atoms with Crippen molar-refractivity contribution >= 4 is 40.1 Å². The number of hydrogen-bond donors (Lipinski definition) is 1. The largest absolute Gasteiger partial charge is 0.360 e. The predicted molar refractivity (Wildman–Crippen MR) is 84.4 cm³/mol. The van der Waals surface area contributed by atoms with E-state index in [1.807, 2.05) is 12.1 Å². The van der Waals surface area contributed by atoms with Crippen LogP contribution in [0.15, 0.2) is 23.2 Å². The molecule has 0 saturated heterocycles. The van der Waals surface area contributed by atoms with Crippen molar-refractivity contribution in [3.8, 4) is 0 Å². The fraction of sp³-hybridized carbons (Fsp3) is 0.500. The lowest BCUT2D eigenvalue weighted by Crippen LogP contribution is -2.36. The highest BCUT2D eigenvalue weighted by Crippen LogP contribution is 2.29. The minimum absolute atomic E-state index is 0.497. The average molecular weight is 315 g/mol. The Bertz CT molecular complexity index is 504. The molecule has 0 aromatic heterocycles. The molecule has 2 atom stereocenters. The van der Waals surface area contributed by atoms with Gasteiger partial charge in [-0.25, -0.2) is 0 Å². The molecule has 2 nitrogen and oxygen atoms in total. The van der Waals surface area contributed by atoms with E-state index in [9.17, 15) is 0 Å². The van der Waals surface area contributed by atoms with Crippen molar-refractivity contribution in [2.75, 3.05) is 0 Å². The summed E-state index contributed by atoms with van der Waals surface area (Å²) in [6.45, 7) is 0. The number of rotatable bonds is 2. The summed E-state index contributed by atoms with van der Waals surface area (Å²) in [5.74, 6) is 0.835. The Morgan fingerprint density at radius 3 is 2.89 bits per heavy atom. The Balaban J connectivity index is 1.60. The summed E-state index contributed by atoms with van der Waals surface area (Å²) in [4.78, 5) is 4.77. The third kappa shape index (κ3) is 3.21. The first kappa shape index (κ1) is 13.6. The van der Waals surface area contributed by atoms with Crippen LogP contribution in [0.5, 0.6) is 0 Å². The molecule has 1 aromatic rings. The molecule has 1 aliphatic heterocycles. The lowest BCUT2D eigenvalue weighted by molar-refractivity contribution is 0.385. The van der Waals surface area contributed by atoms with Crippen molar-refractivity contribution in [3.05, 3.63) is 33.8 Å². The maximum atomic E-state index is 6.18. The standard InChI is InChI=1S/C14H16Cl2N2S/c15-10-6-5-9(11(16)7-10)8-19-14-17-12-3-1-2-4-13(12)18-14/h5-7,12-13H,1-4,8H2,(H,17,18)/t12-,13-/m1/s1. The van der Waals surface area contributed by atoms with Gasteiger partial charge in [-0.1, -0.05) is 53.9 Å². The fourth-order valence-corrected chi connectivity index (χ4v) is 4.19. The lowest BCUT2D eigenvalue weighted by Gasteiger charge is -2.23. The van der Waals surface area contributed by atoms with Gasteiger partial charge in [0.2, 0.25) is 0 Å². The Kier molecular flexibility index (Phi) is 4.25. The molecule has 0 spiro atoms. The predicted octanol–water partition coefficient (Wildman–Crippen LogP) is 4.50. The number of nitrogens with zero attached hydrogens (tertiary/aromatic N) is 1. The number of halogens is 2. The number of nitrogens with one attached hydrogen (secondary N) is 1. The molecule has 0 amide bonds. The zero-order valence-electron chi connectivity index (χ0n) is 10.5. The minimum Gasteiger partial charge on any atom is -0.360 e. The lowest BCUT2D eigenvalue weighted by atomic mass is 9.92. The van der Waals surface area contributed by atoms with Crippen LogP contribution < -0.4 is 5.32 Å². The maximum absolute atomic E-state index is 6.18. The highest BCUT2D eigenvalue weighted by Gasteiger charge is 2.30. The molecule has 5 heteroatoms. The van der Waals surface area contributed by atoms with Crippen LogP contribution in [0, 0.1) is 0 Å². The molecule has 1 aromatic carbocycles. The Morgan fingerprint density at radius 2 is 2.11 bits per heavy atom. The van der Waals surface area contributed by atoms with Crippen LogP contribution in [0.25, 0.3) is 0 Å². The Hall–Kier alpha value is -0.380. The third-order valence-electron chi connectivity index (χ3n) is 3.70. The first-order chi connectivity index (χ1) is 9.22. The van der Waals surface area contributed by atoms with Crippen LogP contribution in [-0.4, -0.2) is 17.3 Å². The molecule has 1 fully saturated rings. The van der Waals surface area contributed by atoms with Gasteiger partial charge >= 0.3 is 0 Å². The van der Waals surface area contributed by atoms with Crippen molar-refractivity contribution in [3.63, 3.8) is 0 Å². The van der Waals surface area contributed by atoms with E-state index in [1.54, 1.807) is 17.8 Å².